The number of carbonyl (C=O) groups excluding carboxylic acids is 2. The van der Waals surface area contributed by atoms with Crippen molar-refractivity contribution >= 4 is 11.9 Å². The molecule has 4 heteroatoms. The standard InChI is InChI=1S/C22H24O4/c1-25-21(23)17-9-5-3-7-13-19-15-11-12-16-20(19)14-8-4-6-10-18-22(24)26-2/h6,9-10,14,17-18H,3,5,11-12,15-16H2,1-2H3/b14-6?,17-9-,18-10-. The monoisotopic (exact) mass is 352 g/mol. The van der Waals surface area contributed by atoms with Gasteiger partial charge in [0.15, 0.2) is 0 Å². The van der Waals surface area contributed by atoms with Gasteiger partial charge < -0.3 is 9.47 Å². The van der Waals surface area contributed by atoms with Gasteiger partial charge in [0.05, 0.1) is 14.2 Å². The molecule has 0 N–H and O–H groups in total. The van der Waals surface area contributed by atoms with Crippen LogP contribution in [-0.2, 0) is 19.1 Å². The number of methoxy groups -OCH3 is 2. The van der Waals surface area contributed by atoms with E-state index in [2.05, 4.69) is 32.8 Å². The third-order valence-electron chi connectivity index (χ3n) is 3.58. The fraction of sp³-hybridized carbons (Fsp3) is 0.364. The van der Waals surface area contributed by atoms with Gasteiger partial charge in [-0.3, -0.25) is 0 Å². The van der Waals surface area contributed by atoms with Gasteiger partial charge in [-0.15, -0.1) is 0 Å². The molecule has 0 bridgehead atoms. The molecular weight excluding hydrogens is 328 g/mol. The van der Waals surface area contributed by atoms with E-state index in [-0.39, 0.29) is 5.97 Å². The molecular formula is C22H24O4. The van der Waals surface area contributed by atoms with Crippen LogP contribution < -0.4 is 0 Å². The quantitative estimate of drug-likeness (QED) is 0.181. The number of ether oxygens (including phenoxy) is 2. The minimum atomic E-state index is -0.402. The molecule has 0 saturated heterocycles. The third kappa shape index (κ3) is 9.35. The Morgan fingerprint density at radius 1 is 1.04 bits per heavy atom. The summed E-state index contributed by atoms with van der Waals surface area (Å²) in [6, 6.07) is 0. The second-order valence-corrected chi connectivity index (χ2v) is 5.46. The highest BCUT2D eigenvalue weighted by Gasteiger charge is 2.08. The summed E-state index contributed by atoms with van der Waals surface area (Å²) in [6.07, 6.45) is 15.2. The molecule has 1 aliphatic carbocycles. The molecule has 0 unspecified atom stereocenters. The Kier molecular flexibility index (Phi) is 10.8. The van der Waals surface area contributed by atoms with Gasteiger partial charge in [0.2, 0.25) is 0 Å². The highest BCUT2D eigenvalue weighted by Crippen LogP contribution is 2.24. The van der Waals surface area contributed by atoms with Gasteiger partial charge in [-0.2, -0.15) is 0 Å². The number of unbranched alkanes of at least 4 members (excludes halogenated alkanes) is 1. The van der Waals surface area contributed by atoms with E-state index in [1.54, 1.807) is 18.2 Å². The lowest BCUT2D eigenvalue weighted by Gasteiger charge is -2.12. The number of esters is 2. The zero-order chi connectivity index (χ0) is 19.0. The molecule has 136 valence electrons. The second-order valence-electron chi connectivity index (χ2n) is 5.46. The molecule has 0 aliphatic heterocycles. The van der Waals surface area contributed by atoms with E-state index in [1.807, 2.05) is 6.08 Å². The van der Waals surface area contributed by atoms with Crippen LogP contribution in [0.25, 0.3) is 0 Å². The number of carbonyl (C=O) groups is 2. The molecule has 0 heterocycles. The highest BCUT2D eigenvalue weighted by molar-refractivity contribution is 5.82. The first-order valence-electron chi connectivity index (χ1n) is 8.55. The largest absolute Gasteiger partial charge is 0.466 e. The SMILES string of the molecule is COC(=O)/C=C\C=C=C=CC1=C(C#CCC/C=C\C(=O)OC)CCCC1. The Hall–Kier alpha value is -2.98. The summed E-state index contributed by atoms with van der Waals surface area (Å²) >= 11 is 0. The van der Waals surface area contributed by atoms with Crippen LogP contribution in [-0.4, -0.2) is 26.2 Å². The maximum absolute atomic E-state index is 11.0. The Balaban J connectivity index is 2.69. The van der Waals surface area contributed by atoms with Crippen molar-refractivity contribution in [3.8, 4) is 11.8 Å². The van der Waals surface area contributed by atoms with Crippen LogP contribution in [0.4, 0.5) is 0 Å². The molecule has 26 heavy (non-hydrogen) atoms. The molecule has 0 radical (unpaired) electrons. The van der Waals surface area contributed by atoms with Crippen molar-refractivity contribution in [1.82, 2.24) is 0 Å². The van der Waals surface area contributed by atoms with Gasteiger partial charge in [0.1, 0.15) is 0 Å². The third-order valence-corrected chi connectivity index (χ3v) is 3.58. The number of hydrogen-bond donors (Lipinski definition) is 0. The number of hydrogen-bond acceptors (Lipinski definition) is 4. The van der Waals surface area contributed by atoms with Gasteiger partial charge in [0.25, 0.3) is 0 Å². The van der Waals surface area contributed by atoms with Crippen molar-refractivity contribution in [2.45, 2.75) is 38.5 Å². The van der Waals surface area contributed by atoms with Crippen molar-refractivity contribution in [3.63, 3.8) is 0 Å². The zero-order valence-corrected chi connectivity index (χ0v) is 15.3. The fourth-order valence-electron chi connectivity index (χ4n) is 2.22. The first-order valence-corrected chi connectivity index (χ1v) is 8.55. The Labute approximate surface area is 155 Å². The van der Waals surface area contributed by atoms with E-state index in [9.17, 15) is 9.59 Å². The summed E-state index contributed by atoms with van der Waals surface area (Å²) in [4.78, 5) is 21.9. The lowest BCUT2D eigenvalue weighted by atomic mass is 9.92. The smallest absolute Gasteiger partial charge is 0.330 e. The fourth-order valence-corrected chi connectivity index (χ4v) is 2.22. The molecule has 0 atom stereocenters. The zero-order valence-electron chi connectivity index (χ0n) is 15.3. The van der Waals surface area contributed by atoms with Crippen LogP contribution in [0.2, 0.25) is 0 Å². The van der Waals surface area contributed by atoms with E-state index in [0.29, 0.717) is 6.42 Å². The van der Waals surface area contributed by atoms with Crippen molar-refractivity contribution in [2.75, 3.05) is 14.2 Å². The molecule has 0 aromatic rings. The first-order chi connectivity index (χ1) is 12.7. The summed E-state index contributed by atoms with van der Waals surface area (Å²) in [5.41, 5.74) is 8.19. The minimum Gasteiger partial charge on any atom is -0.466 e. The van der Waals surface area contributed by atoms with Crippen LogP contribution >= 0.6 is 0 Å². The van der Waals surface area contributed by atoms with Gasteiger partial charge >= 0.3 is 11.9 Å². The number of allylic oxidation sites excluding steroid dienone is 6. The molecule has 1 aliphatic rings. The van der Waals surface area contributed by atoms with Crippen LogP contribution in [0.5, 0.6) is 0 Å². The molecule has 0 fully saturated rings. The molecule has 0 saturated carbocycles. The summed E-state index contributed by atoms with van der Waals surface area (Å²) in [5.74, 6) is 5.65. The summed E-state index contributed by atoms with van der Waals surface area (Å²) in [7, 11) is 2.69. The summed E-state index contributed by atoms with van der Waals surface area (Å²) < 4.78 is 9.02. The van der Waals surface area contributed by atoms with E-state index in [0.717, 1.165) is 37.7 Å². The van der Waals surface area contributed by atoms with Gasteiger partial charge in [-0.1, -0.05) is 29.4 Å². The van der Waals surface area contributed by atoms with Crippen molar-refractivity contribution in [3.05, 3.63) is 59.1 Å². The lowest BCUT2D eigenvalue weighted by Crippen LogP contribution is -1.96. The average molecular weight is 352 g/mol. The lowest BCUT2D eigenvalue weighted by molar-refractivity contribution is -0.135. The molecule has 0 amide bonds. The minimum absolute atomic E-state index is 0.346. The summed E-state index contributed by atoms with van der Waals surface area (Å²) in [5, 5.41) is 0. The summed E-state index contributed by atoms with van der Waals surface area (Å²) in [6.45, 7) is 0. The van der Waals surface area contributed by atoms with Crippen LogP contribution in [0.1, 0.15) is 38.5 Å². The molecule has 0 aromatic heterocycles. The average Bonchev–Trinajstić information content (AvgIpc) is 2.67. The maximum Gasteiger partial charge on any atom is 0.330 e. The number of rotatable bonds is 6. The van der Waals surface area contributed by atoms with E-state index in [1.165, 1.54) is 31.9 Å². The predicted octanol–water partition coefficient (Wildman–Crippen LogP) is 3.97. The molecule has 4 nitrogen and oxygen atoms in total. The normalized spacial score (nSPS) is 13.5. The van der Waals surface area contributed by atoms with Crippen molar-refractivity contribution < 1.29 is 19.1 Å². The van der Waals surface area contributed by atoms with Crippen molar-refractivity contribution in [2.24, 2.45) is 0 Å². The van der Waals surface area contributed by atoms with Crippen molar-refractivity contribution in [1.29, 1.82) is 0 Å². The van der Waals surface area contributed by atoms with Crippen LogP contribution in [0, 0.1) is 11.8 Å². The molecule has 0 aromatic carbocycles. The highest BCUT2D eigenvalue weighted by atomic mass is 16.5. The Morgan fingerprint density at radius 3 is 2.54 bits per heavy atom. The van der Waals surface area contributed by atoms with Gasteiger partial charge in [-0.25, -0.2) is 9.59 Å². The first kappa shape index (κ1) is 21.1. The van der Waals surface area contributed by atoms with E-state index >= 15 is 0 Å². The Morgan fingerprint density at radius 2 is 1.77 bits per heavy atom. The van der Waals surface area contributed by atoms with Gasteiger partial charge in [0, 0.05) is 24.1 Å². The van der Waals surface area contributed by atoms with E-state index in [4.69, 9.17) is 0 Å². The Bertz CT molecular complexity index is 741. The van der Waals surface area contributed by atoms with Crippen LogP contribution in [0.15, 0.2) is 59.1 Å². The second kappa shape index (κ2) is 13.3. The van der Waals surface area contributed by atoms with E-state index < -0.39 is 5.97 Å². The molecule has 0 spiro atoms. The maximum atomic E-state index is 11.0. The van der Waals surface area contributed by atoms with Gasteiger partial charge in [-0.05, 0) is 55.9 Å². The topological polar surface area (TPSA) is 52.6 Å². The van der Waals surface area contributed by atoms with Crippen LogP contribution in [0.3, 0.4) is 0 Å². The molecule has 1 rings (SSSR count). The predicted molar refractivity (Wildman–Crippen MR) is 101 cm³/mol.